The van der Waals surface area contributed by atoms with Crippen LogP contribution in [0.1, 0.15) is 11.5 Å². The van der Waals surface area contributed by atoms with Gasteiger partial charge in [-0.05, 0) is 42.5 Å². The third-order valence-electron chi connectivity index (χ3n) is 5.28. The van der Waals surface area contributed by atoms with Gasteiger partial charge in [-0.3, -0.25) is 9.80 Å². The van der Waals surface area contributed by atoms with E-state index in [1.807, 2.05) is 36.4 Å². The van der Waals surface area contributed by atoms with E-state index in [2.05, 4.69) is 41.9 Å². The maximum absolute atomic E-state index is 5.50. The average molecular weight is 473 g/mol. The molecule has 1 fully saturated rings. The van der Waals surface area contributed by atoms with Crippen LogP contribution in [-0.4, -0.2) is 60.3 Å². The summed E-state index contributed by atoms with van der Waals surface area (Å²) in [5.74, 6) is 2.98. The standard InChI is InChI=1S/C22H25BrN4O3/c1-28-19-6-3-16(4-7-19)22-24-21(30-25-22)15-27-11-9-26(10-12-27)14-17-13-18(23)5-8-20(17)29-2/h3-8,13H,9-12,14-15H2,1-2H3. The number of hydrogen-bond donors (Lipinski definition) is 0. The number of halogens is 1. The molecule has 4 rings (SSSR count). The average Bonchev–Trinajstić information content (AvgIpc) is 3.24. The first-order valence-electron chi connectivity index (χ1n) is 9.89. The SMILES string of the molecule is COc1ccc(-c2noc(CN3CCN(Cc4cc(Br)ccc4OC)CC3)n2)cc1. The summed E-state index contributed by atoms with van der Waals surface area (Å²) in [6.07, 6.45) is 0. The molecule has 0 atom stereocenters. The maximum Gasteiger partial charge on any atom is 0.241 e. The Labute approximate surface area is 184 Å². The number of hydrogen-bond acceptors (Lipinski definition) is 7. The molecule has 0 spiro atoms. The Kier molecular flexibility index (Phi) is 6.66. The Balaban J connectivity index is 1.31. The van der Waals surface area contributed by atoms with Crippen LogP contribution in [-0.2, 0) is 13.1 Å². The quantitative estimate of drug-likeness (QED) is 0.517. The summed E-state index contributed by atoms with van der Waals surface area (Å²) in [6, 6.07) is 13.8. The fourth-order valence-corrected chi connectivity index (χ4v) is 3.99. The highest BCUT2D eigenvalue weighted by Crippen LogP contribution is 2.25. The summed E-state index contributed by atoms with van der Waals surface area (Å²) in [6.45, 7) is 5.41. The first-order chi connectivity index (χ1) is 14.6. The molecular formula is C22H25BrN4O3. The highest BCUT2D eigenvalue weighted by molar-refractivity contribution is 9.10. The molecule has 0 radical (unpaired) electrons. The van der Waals surface area contributed by atoms with Gasteiger partial charge in [-0.25, -0.2) is 0 Å². The van der Waals surface area contributed by atoms with Crippen LogP contribution < -0.4 is 9.47 Å². The third kappa shape index (κ3) is 5.00. The molecule has 0 amide bonds. The van der Waals surface area contributed by atoms with Crippen LogP contribution in [0.3, 0.4) is 0 Å². The van der Waals surface area contributed by atoms with Crippen molar-refractivity contribution in [3.63, 3.8) is 0 Å². The van der Waals surface area contributed by atoms with E-state index in [4.69, 9.17) is 14.0 Å². The number of methoxy groups -OCH3 is 2. The fourth-order valence-electron chi connectivity index (χ4n) is 3.58. The number of aromatic nitrogens is 2. The number of nitrogens with zero attached hydrogens (tertiary/aromatic N) is 4. The van der Waals surface area contributed by atoms with Crippen LogP contribution in [0.2, 0.25) is 0 Å². The van der Waals surface area contributed by atoms with Crippen LogP contribution in [0.25, 0.3) is 11.4 Å². The molecule has 2 heterocycles. The van der Waals surface area contributed by atoms with Crippen LogP contribution in [0.15, 0.2) is 51.5 Å². The van der Waals surface area contributed by atoms with E-state index >= 15 is 0 Å². The predicted octanol–water partition coefficient (Wildman–Crippen LogP) is 3.83. The topological polar surface area (TPSA) is 63.9 Å². The van der Waals surface area contributed by atoms with Crippen LogP contribution in [0.4, 0.5) is 0 Å². The number of rotatable bonds is 7. The second-order valence-corrected chi connectivity index (χ2v) is 8.16. The minimum absolute atomic E-state index is 0.605. The maximum atomic E-state index is 5.50. The van der Waals surface area contributed by atoms with Gasteiger partial charge in [0.25, 0.3) is 0 Å². The van der Waals surface area contributed by atoms with Gasteiger partial charge < -0.3 is 14.0 Å². The largest absolute Gasteiger partial charge is 0.497 e. The molecule has 0 unspecified atom stereocenters. The number of ether oxygens (including phenoxy) is 2. The van der Waals surface area contributed by atoms with Gasteiger partial charge in [0.1, 0.15) is 11.5 Å². The molecule has 1 aliphatic heterocycles. The summed E-state index contributed by atoms with van der Waals surface area (Å²) < 4.78 is 17.2. The Hall–Kier alpha value is -2.42. The Morgan fingerprint density at radius 3 is 2.30 bits per heavy atom. The highest BCUT2D eigenvalue weighted by Gasteiger charge is 2.20. The van der Waals surface area contributed by atoms with Crippen molar-refractivity contribution in [1.29, 1.82) is 0 Å². The van der Waals surface area contributed by atoms with Crippen LogP contribution >= 0.6 is 15.9 Å². The molecule has 0 bridgehead atoms. The predicted molar refractivity (Wildman–Crippen MR) is 118 cm³/mol. The zero-order valence-electron chi connectivity index (χ0n) is 17.2. The lowest BCUT2D eigenvalue weighted by Crippen LogP contribution is -2.45. The van der Waals surface area contributed by atoms with E-state index in [1.165, 1.54) is 5.56 Å². The van der Waals surface area contributed by atoms with Gasteiger partial charge in [0.05, 0.1) is 20.8 Å². The second kappa shape index (κ2) is 9.59. The monoisotopic (exact) mass is 472 g/mol. The normalized spacial score (nSPS) is 15.3. The lowest BCUT2D eigenvalue weighted by Gasteiger charge is -2.34. The molecule has 2 aromatic carbocycles. The molecular weight excluding hydrogens is 448 g/mol. The summed E-state index contributed by atoms with van der Waals surface area (Å²) in [4.78, 5) is 9.34. The molecule has 0 saturated carbocycles. The Morgan fingerprint density at radius 1 is 0.933 bits per heavy atom. The van der Waals surface area contributed by atoms with Crippen LogP contribution in [0.5, 0.6) is 11.5 Å². The van der Waals surface area contributed by atoms with Gasteiger partial charge >= 0.3 is 0 Å². The molecule has 8 heteroatoms. The van der Waals surface area contributed by atoms with Crippen molar-refractivity contribution in [1.82, 2.24) is 19.9 Å². The lowest BCUT2D eigenvalue weighted by molar-refractivity contribution is 0.111. The molecule has 0 N–H and O–H groups in total. The third-order valence-corrected chi connectivity index (χ3v) is 5.77. The fraction of sp³-hybridized carbons (Fsp3) is 0.364. The smallest absolute Gasteiger partial charge is 0.241 e. The van der Waals surface area contributed by atoms with Gasteiger partial charge in [0.2, 0.25) is 11.7 Å². The zero-order chi connectivity index (χ0) is 20.9. The van der Waals surface area contributed by atoms with Crippen molar-refractivity contribution in [3.05, 3.63) is 58.4 Å². The molecule has 1 saturated heterocycles. The van der Waals surface area contributed by atoms with Crippen molar-refractivity contribution in [2.75, 3.05) is 40.4 Å². The molecule has 3 aromatic rings. The molecule has 158 valence electrons. The number of benzene rings is 2. The summed E-state index contributed by atoms with van der Waals surface area (Å²) in [7, 11) is 3.37. The van der Waals surface area contributed by atoms with Gasteiger partial charge in [-0.15, -0.1) is 0 Å². The Bertz CT molecular complexity index is 969. The molecule has 7 nitrogen and oxygen atoms in total. The van der Waals surface area contributed by atoms with Crippen molar-refractivity contribution in [2.24, 2.45) is 0 Å². The minimum Gasteiger partial charge on any atom is -0.497 e. The molecule has 1 aliphatic rings. The highest BCUT2D eigenvalue weighted by atomic mass is 79.9. The van der Waals surface area contributed by atoms with Gasteiger partial charge in [-0.1, -0.05) is 21.1 Å². The van der Waals surface area contributed by atoms with E-state index in [9.17, 15) is 0 Å². The van der Waals surface area contributed by atoms with E-state index in [0.29, 0.717) is 18.3 Å². The van der Waals surface area contributed by atoms with Gasteiger partial charge in [0, 0.05) is 48.3 Å². The van der Waals surface area contributed by atoms with Gasteiger partial charge in [-0.2, -0.15) is 4.98 Å². The molecule has 30 heavy (non-hydrogen) atoms. The van der Waals surface area contributed by atoms with Crippen LogP contribution in [0, 0.1) is 0 Å². The minimum atomic E-state index is 0.605. The van der Waals surface area contributed by atoms with E-state index in [1.54, 1.807) is 14.2 Å². The van der Waals surface area contributed by atoms with Crippen molar-refractivity contribution in [3.8, 4) is 22.9 Å². The summed E-state index contributed by atoms with van der Waals surface area (Å²) >= 11 is 3.55. The van der Waals surface area contributed by atoms with Gasteiger partial charge in [0.15, 0.2) is 0 Å². The second-order valence-electron chi connectivity index (χ2n) is 7.25. The van der Waals surface area contributed by atoms with E-state index in [0.717, 1.165) is 54.3 Å². The first-order valence-corrected chi connectivity index (χ1v) is 10.7. The zero-order valence-corrected chi connectivity index (χ0v) is 18.8. The molecule has 0 aliphatic carbocycles. The number of piperazine rings is 1. The van der Waals surface area contributed by atoms with E-state index < -0.39 is 0 Å². The first kappa shape index (κ1) is 20.8. The summed E-state index contributed by atoms with van der Waals surface area (Å²) in [5.41, 5.74) is 2.11. The van der Waals surface area contributed by atoms with Crippen molar-refractivity contribution >= 4 is 15.9 Å². The lowest BCUT2D eigenvalue weighted by atomic mass is 10.1. The van der Waals surface area contributed by atoms with E-state index in [-0.39, 0.29) is 0 Å². The molecule has 1 aromatic heterocycles. The van der Waals surface area contributed by atoms with Crippen molar-refractivity contribution < 1.29 is 14.0 Å². The van der Waals surface area contributed by atoms with Crippen molar-refractivity contribution in [2.45, 2.75) is 13.1 Å². The Morgan fingerprint density at radius 2 is 1.63 bits per heavy atom. The summed E-state index contributed by atoms with van der Waals surface area (Å²) in [5, 5.41) is 4.12.